The van der Waals surface area contributed by atoms with Crippen molar-refractivity contribution in [2.24, 2.45) is 0 Å². The van der Waals surface area contributed by atoms with Gasteiger partial charge in [0.1, 0.15) is 16.4 Å². The Balaban J connectivity index is 1.64. The van der Waals surface area contributed by atoms with Crippen LogP contribution in [0, 0.1) is 0 Å². The molecule has 1 aromatic heterocycles. The number of benzene rings is 2. The highest BCUT2D eigenvalue weighted by Gasteiger charge is 2.47. The predicted molar refractivity (Wildman–Crippen MR) is 112 cm³/mol. The van der Waals surface area contributed by atoms with Crippen LogP contribution in [0.15, 0.2) is 79.7 Å². The highest BCUT2D eigenvalue weighted by atomic mass is 32.2. The second-order valence-electron chi connectivity index (χ2n) is 7.85. The summed E-state index contributed by atoms with van der Waals surface area (Å²) in [6.07, 6.45) is 2.75. The van der Waals surface area contributed by atoms with Gasteiger partial charge < -0.3 is 9.52 Å². The fraction of sp³-hybridized carbons (Fsp3) is 0.292. The molecule has 0 spiro atoms. The van der Waals surface area contributed by atoms with Gasteiger partial charge in [-0.05, 0) is 42.4 Å². The normalized spacial score (nSPS) is 15.0. The lowest BCUT2D eigenvalue weighted by molar-refractivity contribution is 0.373. The SMILES string of the molecule is CC(C)c1ccccc1Sc1c(O)cc(C2(Cc3ccccc3)CC2)oc1=O. The van der Waals surface area contributed by atoms with E-state index in [-0.39, 0.29) is 16.1 Å². The Morgan fingerprint density at radius 1 is 1.07 bits per heavy atom. The van der Waals surface area contributed by atoms with E-state index >= 15 is 0 Å². The van der Waals surface area contributed by atoms with Crippen molar-refractivity contribution in [1.29, 1.82) is 0 Å². The van der Waals surface area contributed by atoms with Gasteiger partial charge in [-0.1, -0.05) is 74.1 Å². The maximum Gasteiger partial charge on any atom is 0.353 e. The Morgan fingerprint density at radius 2 is 1.75 bits per heavy atom. The minimum absolute atomic E-state index is 0.00847. The van der Waals surface area contributed by atoms with Crippen LogP contribution in [-0.4, -0.2) is 5.11 Å². The first-order valence-corrected chi connectivity index (χ1v) is 10.5. The third-order valence-electron chi connectivity index (χ3n) is 5.40. The summed E-state index contributed by atoms with van der Waals surface area (Å²) in [5.74, 6) is 0.937. The second-order valence-corrected chi connectivity index (χ2v) is 8.90. The fourth-order valence-corrected chi connectivity index (χ4v) is 4.71. The maximum absolute atomic E-state index is 12.7. The van der Waals surface area contributed by atoms with Crippen LogP contribution in [0.25, 0.3) is 0 Å². The maximum atomic E-state index is 12.7. The number of aromatic hydroxyl groups is 1. The molecule has 0 unspecified atom stereocenters. The molecule has 4 heteroatoms. The molecule has 0 amide bonds. The van der Waals surface area contributed by atoms with Gasteiger partial charge in [-0.15, -0.1) is 0 Å². The lowest BCUT2D eigenvalue weighted by Crippen LogP contribution is -2.15. The van der Waals surface area contributed by atoms with Gasteiger partial charge in [0.2, 0.25) is 0 Å². The summed E-state index contributed by atoms with van der Waals surface area (Å²) >= 11 is 1.28. The fourth-order valence-electron chi connectivity index (χ4n) is 3.63. The number of rotatable bonds is 6. The van der Waals surface area contributed by atoms with Gasteiger partial charge in [0.15, 0.2) is 0 Å². The molecule has 1 N–H and O–H groups in total. The summed E-state index contributed by atoms with van der Waals surface area (Å²) in [6.45, 7) is 4.23. The summed E-state index contributed by atoms with van der Waals surface area (Å²) in [6, 6.07) is 19.8. The summed E-state index contributed by atoms with van der Waals surface area (Å²) in [5, 5.41) is 10.6. The van der Waals surface area contributed by atoms with Crippen LogP contribution >= 0.6 is 11.8 Å². The Labute approximate surface area is 169 Å². The second kappa shape index (κ2) is 7.51. The van der Waals surface area contributed by atoms with Gasteiger partial charge in [-0.3, -0.25) is 0 Å². The molecule has 4 rings (SSSR count). The predicted octanol–water partition coefficient (Wildman–Crippen LogP) is 5.89. The van der Waals surface area contributed by atoms with Crippen molar-refractivity contribution in [1.82, 2.24) is 0 Å². The van der Waals surface area contributed by atoms with Gasteiger partial charge in [-0.25, -0.2) is 4.79 Å². The zero-order chi connectivity index (χ0) is 19.7. The van der Waals surface area contributed by atoms with E-state index in [1.54, 1.807) is 6.07 Å². The van der Waals surface area contributed by atoms with E-state index in [0.717, 1.165) is 29.7 Å². The zero-order valence-corrected chi connectivity index (χ0v) is 17.0. The molecular weight excluding hydrogens is 368 g/mol. The Bertz CT molecular complexity index is 1030. The third-order valence-corrected chi connectivity index (χ3v) is 6.57. The first-order valence-electron chi connectivity index (χ1n) is 9.67. The van der Waals surface area contributed by atoms with Gasteiger partial charge in [0.25, 0.3) is 0 Å². The van der Waals surface area contributed by atoms with Crippen LogP contribution in [0.1, 0.15) is 49.5 Å². The zero-order valence-electron chi connectivity index (χ0n) is 16.1. The van der Waals surface area contributed by atoms with Gasteiger partial charge in [0.05, 0.1) is 0 Å². The number of hydrogen-bond donors (Lipinski definition) is 1. The van der Waals surface area contributed by atoms with E-state index in [2.05, 4.69) is 32.0 Å². The van der Waals surface area contributed by atoms with E-state index in [1.165, 1.54) is 17.3 Å². The molecule has 28 heavy (non-hydrogen) atoms. The Kier molecular flexibility index (Phi) is 5.07. The molecule has 144 valence electrons. The molecule has 1 aliphatic carbocycles. The molecule has 0 aliphatic heterocycles. The first kappa shape index (κ1) is 18.9. The molecule has 1 heterocycles. The summed E-state index contributed by atoms with van der Waals surface area (Å²) < 4.78 is 5.72. The topological polar surface area (TPSA) is 50.4 Å². The Hall–Kier alpha value is -2.46. The minimum Gasteiger partial charge on any atom is -0.506 e. The molecule has 2 aromatic carbocycles. The minimum atomic E-state index is -0.460. The molecule has 3 aromatic rings. The lowest BCUT2D eigenvalue weighted by Gasteiger charge is -2.16. The van der Waals surface area contributed by atoms with Gasteiger partial charge >= 0.3 is 5.63 Å². The highest BCUT2D eigenvalue weighted by molar-refractivity contribution is 7.99. The van der Waals surface area contributed by atoms with E-state index in [4.69, 9.17) is 4.42 Å². The molecule has 1 saturated carbocycles. The largest absolute Gasteiger partial charge is 0.506 e. The van der Waals surface area contributed by atoms with Crippen molar-refractivity contribution in [2.45, 2.75) is 54.2 Å². The summed E-state index contributed by atoms with van der Waals surface area (Å²) in [5.41, 5.74) is 1.74. The summed E-state index contributed by atoms with van der Waals surface area (Å²) in [7, 11) is 0. The van der Waals surface area contributed by atoms with Crippen LogP contribution < -0.4 is 5.63 Å². The lowest BCUT2D eigenvalue weighted by atomic mass is 9.93. The smallest absolute Gasteiger partial charge is 0.353 e. The van der Waals surface area contributed by atoms with Crippen LogP contribution in [0.3, 0.4) is 0 Å². The standard InChI is InChI=1S/C24H24O3S/c1-16(2)18-10-6-7-11-20(18)28-22-19(25)14-21(27-23(22)26)24(12-13-24)15-17-8-4-3-5-9-17/h3-11,14,16,25H,12-13,15H2,1-2H3. The average molecular weight is 393 g/mol. The average Bonchev–Trinajstić information content (AvgIpc) is 3.46. The van der Waals surface area contributed by atoms with E-state index in [1.807, 2.05) is 36.4 Å². The summed E-state index contributed by atoms with van der Waals surface area (Å²) in [4.78, 5) is 14.0. The molecular formula is C24H24O3S. The van der Waals surface area contributed by atoms with Crippen molar-refractivity contribution < 1.29 is 9.52 Å². The third kappa shape index (κ3) is 3.74. The highest BCUT2D eigenvalue weighted by Crippen LogP contribution is 2.51. The van der Waals surface area contributed by atoms with E-state index in [9.17, 15) is 9.90 Å². The van der Waals surface area contributed by atoms with E-state index < -0.39 is 5.63 Å². The van der Waals surface area contributed by atoms with E-state index in [0.29, 0.717) is 11.7 Å². The Morgan fingerprint density at radius 3 is 2.39 bits per heavy atom. The van der Waals surface area contributed by atoms with Crippen molar-refractivity contribution in [2.75, 3.05) is 0 Å². The molecule has 1 fully saturated rings. The molecule has 0 bridgehead atoms. The molecule has 0 radical (unpaired) electrons. The van der Waals surface area contributed by atoms with Crippen LogP contribution in [0.2, 0.25) is 0 Å². The molecule has 0 atom stereocenters. The molecule has 0 saturated heterocycles. The van der Waals surface area contributed by atoms with Crippen molar-refractivity contribution >= 4 is 11.8 Å². The van der Waals surface area contributed by atoms with Crippen molar-refractivity contribution in [3.8, 4) is 5.75 Å². The van der Waals surface area contributed by atoms with Crippen molar-refractivity contribution in [3.63, 3.8) is 0 Å². The molecule has 3 nitrogen and oxygen atoms in total. The van der Waals surface area contributed by atoms with Gasteiger partial charge in [0, 0.05) is 16.4 Å². The van der Waals surface area contributed by atoms with Crippen LogP contribution in [-0.2, 0) is 11.8 Å². The monoisotopic (exact) mass is 392 g/mol. The van der Waals surface area contributed by atoms with Crippen molar-refractivity contribution in [3.05, 3.63) is 88.0 Å². The first-order chi connectivity index (χ1) is 13.5. The molecule has 1 aliphatic rings. The number of hydrogen-bond acceptors (Lipinski definition) is 4. The van der Waals surface area contributed by atoms with Crippen LogP contribution in [0.4, 0.5) is 0 Å². The van der Waals surface area contributed by atoms with Gasteiger partial charge in [-0.2, -0.15) is 0 Å². The van der Waals surface area contributed by atoms with Crippen LogP contribution in [0.5, 0.6) is 5.75 Å². The quantitative estimate of drug-likeness (QED) is 0.568.